The number of benzene rings is 1. The number of nitrogens with zero attached hydrogens (tertiary/aromatic N) is 2. The topological polar surface area (TPSA) is 33.2 Å². The fourth-order valence-corrected chi connectivity index (χ4v) is 2.43. The zero-order chi connectivity index (χ0) is 13.3. The Kier molecular flexibility index (Phi) is 3.48. The van der Waals surface area contributed by atoms with E-state index in [1.165, 1.54) is 16.9 Å². The van der Waals surface area contributed by atoms with Gasteiger partial charge in [-0.25, -0.2) is 4.98 Å². The molecule has 1 amide bonds. The predicted molar refractivity (Wildman–Crippen MR) is 75.5 cm³/mol. The van der Waals surface area contributed by atoms with E-state index in [4.69, 9.17) is 0 Å². The minimum atomic E-state index is -0.0620. The zero-order valence-corrected chi connectivity index (χ0v) is 11.8. The number of hydrogen-bond donors (Lipinski definition) is 0. The van der Waals surface area contributed by atoms with Gasteiger partial charge in [0.2, 0.25) is 0 Å². The van der Waals surface area contributed by atoms with Crippen molar-refractivity contribution in [2.75, 3.05) is 11.9 Å². The van der Waals surface area contributed by atoms with Crippen molar-refractivity contribution in [2.24, 2.45) is 0 Å². The number of carbonyl (C=O) groups is 1. The van der Waals surface area contributed by atoms with Crippen molar-refractivity contribution >= 4 is 22.9 Å². The molecule has 2 aromatic rings. The van der Waals surface area contributed by atoms with Gasteiger partial charge in [-0.05, 0) is 38.0 Å². The van der Waals surface area contributed by atoms with E-state index in [9.17, 15) is 4.79 Å². The summed E-state index contributed by atoms with van der Waals surface area (Å²) in [5.41, 5.74) is 3.76. The van der Waals surface area contributed by atoms with Gasteiger partial charge >= 0.3 is 0 Å². The lowest BCUT2D eigenvalue weighted by Crippen LogP contribution is -2.27. The van der Waals surface area contributed by atoms with Crippen molar-refractivity contribution in [3.63, 3.8) is 0 Å². The van der Waals surface area contributed by atoms with E-state index in [0.717, 1.165) is 16.3 Å². The Labute approximate surface area is 111 Å². The second kappa shape index (κ2) is 4.90. The molecule has 4 heteroatoms. The molecule has 0 saturated carbocycles. The third-order valence-corrected chi connectivity index (χ3v) is 3.85. The standard InChI is InChI=1S/C14H16N2OS/c1-9-6-5-7-13(10(9)2)16(4)14(17)12-8-18-11(3)15-12/h5-8H,1-4H3. The summed E-state index contributed by atoms with van der Waals surface area (Å²) in [7, 11) is 1.79. The molecule has 3 nitrogen and oxygen atoms in total. The highest BCUT2D eigenvalue weighted by Gasteiger charge is 2.17. The molecule has 1 heterocycles. The number of anilines is 1. The number of thiazole rings is 1. The molecule has 0 fully saturated rings. The minimum absolute atomic E-state index is 0.0620. The fourth-order valence-electron chi connectivity index (χ4n) is 1.84. The van der Waals surface area contributed by atoms with Gasteiger partial charge in [0.1, 0.15) is 5.69 Å². The molecule has 0 atom stereocenters. The first kappa shape index (κ1) is 12.8. The number of aromatic nitrogens is 1. The van der Waals surface area contributed by atoms with Crippen molar-refractivity contribution in [2.45, 2.75) is 20.8 Å². The van der Waals surface area contributed by atoms with E-state index in [-0.39, 0.29) is 5.91 Å². The zero-order valence-electron chi connectivity index (χ0n) is 11.0. The monoisotopic (exact) mass is 260 g/mol. The van der Waals surface area contributed by atoms with Gasteiger partial charge in [0.05, 0.1) is 5.01 Å². The van der Waals surface area contributed by atoms with Gasteiger partial charge in [0, 0.05) is 18.1 Å². The van der Waals surface area contributed by atoms with Gasteiger partial charge in [0.25, 0.3) is 5.91 Å². The van der Waals surface area contributed by atoms with Crippen LogP contribution in [0.1, 0.15) is 26.6 Å². The van der Waals surface area contributed by atoms with Gasteiger partial charge in [-0.3, -0.25) is 4.79 Å². The molecule has 0 bridgehead atoms. The summed E-state index contributed by atoms with van der Waals surface area (Å²) in [6, 6.07) is 5.97. The van der Waals surface area contributed by atoms with Crippen LogP contribution >= 0.6 is 11.3 Å². The molecule has 0 N–H and O–H groups in total. The summed E-state index contributed by atoms with van der Waals surface area (Å²) in [6.45, 7) is 5.98. The summed E-state index contributed by atoms with van der Waals surface area (Å²) in [6.07, 6.45) is 0. The Balaban J connectivity index is 2.34. The van der Waals surface area contributed by atoms with Crippen LogP contribution in [-0.4, -0.2) is 17.9 Å². The normalized spacial score (nSPS) is 10.4. The first-order valence-electron chi connectivity index (χ1n) is 5.77. The van der Waals surface area contributed by atoms with E-state index in [0.29, 0.717) is 5.69 Å². The Morgan fingerprint density at radius 3 is 2.61 bits per heavy atom. The van der Waals surface area contributed by atoms with E-state index in [2.05, 4.69) is 4.98 Å². The first-order chi connectivity index (χ1) is 8.50. The second-order valence-electron chi connectivity index (χ2n) is 4.33. The minimum Gasteiger partial charge on any atom is -0.310 e. The lowest BCUT2D eigenvalue weighted by Gasteiger charge is -2.19. The summed E-state index contributed by atoms with van der Waals surface area (Å²) in [4.78, 5) is 18.2. The van der Waals surface area contributed by atoms with E-state index in [1.807, 2.05) is 39.0 Å². The van der Waals surface area contributed by atoms with Crippen molar-refractivity contribution in [3.05, 3.63) is 45.4 Å². The molecular weight excluding hydrogens is 244 g/mol. The van der Waals surface area contributed by atoms with Gasteiger partial charge < -0.3 is 4.90 Å². The smallest absolute Gasteiger partial charge is 0.277 e. The summed E-state index contributed by atoms with van der Waals surface area (Å²) in [5.74, 6) is -0.0620. The van der Waals surface area contributed by atoms with Crippen LogP contribution in [0.5, 0.6) is 0 Å². The highest BCUT2D eigenvalue weighted by molar-refractivity contribution is 7.09. The maximum atomic E-state index is 12.3. The van der Waals surface area contributed by atoms with Crippen LogP contribution in [0, 0.1) is 20.8 Å². The number of aryl methyl sites for hydroxylation is 2. The number of carbonyl (C=O) groups excluding carboxylic acids is 1. The number of hydrogen-bond acceptors (Lipinski definition) is 3. The van der Waals surface area contributed by atoms with Gasteiger partial charge in [-0.15, -0.1) is 11.3 Å². The Bertz CT molecular complexity index is 589. The number of rotatable bonds is 2. The average Bonchev–Trinajstić information content (AvgIpc) is 2.77. The van der Waals surface area contributed by atoms with E-state index < -0.39 is 0 Å². The largest absolute Gasteiger partial charge is 0.310 e. The molecule has 0 aliphatic rings. The molecular formula is C14H16N2OS. The van der Waals surface area contributed by atoms with Crippen LogP contribution < -0.4 is 4.90 Å². The second-order valence-corrected chi connectivity index (χ2v) is 5.40. The van der Waals surface area contributed by atoms with Crippen LogP contribution in [0.15, 0.2) is 23.6 Å². The van der Waals surface area contributed by atoms with Crippen molar-refractivity contribution < 1.29 is 4.79 Å². The molecule has 0 spiro atoms. The Morgan fingerprint density at radius 2 is 2.00 bits per heavy atom. The SMILES string of the molecule is Cc1nc(C(=O)N(C)c2cccc(C)c2C)cs1. The highest BCUT2D eigenvalue weighted by atomic mass is 32.1. The molecule has 0 aliphatic carbocycles. The maximum Gasteiger partial charge on any atom is 0.277 e. The molecule has 0 unspecified atom stereocenters. The van der Waals surface area contributed by atoms with Crippen LogP contribution in [0.3, 0.4) is 0 Å². The van der Waals surface area contributed by atoms with Gasteiger partial charge in [0.15, 0.2) is 0 Å². The summed E-state index contributed by atoms with van der Waals surface area (Å²) >= 11 is 1.49. The van der Waals surface area contributed by atoms with Crippen LogP contribution in [-0.2, 0) is 0 Å². The first-order valence-corrected chi connectivity index (χ1v) is 6.65. The van der Waals surface area contributed by atoms with Gasteiger partial charge in [-0.2, -0.15) is 0 Å². The average molecular weight is 260 g/mol. The van der Waals surface area contributed by atoms with Crippen molar-refractivity contribution in [1.29, 1.82) is 0 Å². The lowest BCUT2D eigenvalue weighted by atomic mass is 10.1. The maximum absolute atomic E-state index is 12.3. The third-order valence-electron chi connectivity index (χ3n) is 3.08. The highest BCUT2D eigenvalue weighted by Crippen LogP contribution is 2.23. The van der Waals surface area contributed by atoms with E-state index in [1.54, 1.807) is 17.3 Å². The Morgan fingerprint density at radius 1 is 1.28 bits per heavy atom. The third kappa shape index (κ3) is 2.29. The molecule has 1 aromatic heterocycles. The molecule has 1 aromatic carbocycles. The molecule has 2 rings (SSSR count). The van der Waals surface area contributed by atoms with Gasteiger partial charge in [-0.1, -0.05) is 12.1 Å². The molecule has 18 heavy (non-hydrogen) atoms. The summed E-state index contributed by atoms with van der Waals surface area (Å²) < 4.78 is 0. The van der Waals surface area contributed by atoms with Crippen LogP contribution in [0.25, 0.3) is 0 Å². The molecule has 0 radical (unpaired) electrons. The van der Waals surface area contributed by atoms with Crippen LogP contribution in [0.4, 0.5) is 5.69 Å². The van der Waals surface area contributed by atoms with Crippen molar-refractivity contribution in [1.82, 2.24) is 4.98 Å². The van der Waals surface area contributed by atoms with Crippen molar-refractivity contribution in [3.8, 4) is 0 Å². The number of amides is 1. The molecule has 0 aliphatic heterocycles. The Hall–Kier alpha value is -1.68. The molecule has 0 saturated heterocycles. The summed E-state index contributed by atoms with van der Waals surface area (Å²) in [5, 5.41) is 2.71. The van der Waals surface area contributed by atoms with E-state index >= 15 is 0 Å². The van der Waals surface area contributed by atoms with Crippen LogP contribution in [0.2, 0.25) is 0 Å². The fraction of sp³-hybridized carbons (Fsp3) is 0.286. The molecule has 94 valence electrons. The quantitative estimate of drug-likeness (QED) is 0.829. The lowest BCUT2D eigenvalue weighted by molar-refractivity contribution is 0.0988. The predicted octanol–water partition coefficient (Wildman–Crippen LogP) is 3.34.